The lowest BCUT2D eigenvalue weighted by molar-refractivity contribution is -0.121. The molecule has 1 amide bonds. The monoisotopic (exact) mass is 409 g/mol. The zero-order valence-corrected chi connectivity index (χ0v) is 18.3. The van der Waals surface area contributed by atoms with Gasteiger partial charge in [-0.15, -0.1) is 10.2 Å². The fourth-order valence-corrected chi connectivity index (χ4v) is 4.71. The molecule has 158 valence electrons. The van der Waals surface area contributed by atoms with Gasteiger partial charge in [0, 0.05) is 25.7 Å². The smallest absolute Gasteiger partial charge is 0.233 e. The van der Waals surface area contributed by atoms with Crippen LogP contribution in [0.2, 0.25) is 0 Å². The van der Waals surface area contributed by atoms with Crippen molar-refractivity contribution in [1.29, 1.82) is 0 Å². The summed E-state index contributed by atoms with van der Waals surface area (Å²) in [6.07, 6.45) is 7.23. The number of anilines is 1. The Balaban J connectivity index is 1.66. The number of hydrogen-bond donors (Lipinski definition) is 1. The standard InChI is InChI=1S/C20H35N5O2S/c1-15(2)14-25-19(24-10-12-27-13-11-24)22-23-20(25)28-16(3)18(26)21-17-8-6-4-5-7-9-17/h15-17H,4-14H2,1-3H3,(H,21,26)/t16-/m0/s1. The fraction of sp³-hybridized carbons (Fsp3) is 0.850. The molecular weight excluding hydrogens is 374 g/mol. The lowest BCUT2D eigenvalue weighted by Gasteiger charge is -2.28. The molecule has 7 nitrogen and oxygen atoms in total. The molecule has 1 atom stereocenters. The van der Waals surface area contributed by atoms with Crippen molar-refractivity contribution >= 4 is 23.6 Å². The predicted molar refractivity (Wildman–Crippen MR) is 113 cm³/mol. The minimum absolute atomic E-state index is 0.115. The molecule has 1 N–H and O–H groups in total. The topological polar surface area (TPSA) is 72.3 Å². The molecule has 0 spiro atoms. The highest BCUT2D eigenvalue weighted by Crippen LogP contribution is 2.27. The predicted octanol–water partition coefficient (Wildman–Crippen LogP) is 3.09. The van der Waals surface area contributed by atoms with Crippen molar-refractivity contribution in [2.45, 2.75) is 82.3 Å². The molecule has 1 aromatic heterocycles. The Morgan fingerprint density at radius 1 is 1.14 bits per heavy atom. The van der Waals surface area contributed by atoms with Crippen LogP contribution in [0.5, 0.6) is 0 Å². The molecule has 1 aliphatic heterocycles. The number of aromatic nitrogens is 3. The van der Waals surface area contributed by atoms with E-state index in [1.54, 1.807) is 0 Å². The summed E-state index contributed by atoms with van der Waals surface area (Å²) in [5.74, 6) is 1.49. The number of amides is 1. The number of nitrogens with zero attached hydrogens (tertiary/aromatic N) is 4. The molecule has 1 saturated carbocycles. The molecule has 0 bridgehead atoms. The first-order valence-corrected chi connectivity index (χ1v) is 11.7. The van der Waals surface area contributed by atoms with E-state index in [0.717, 1.165) is 56.8 Å². The van der Waals surface area contributed by atoms with E-state index in [1.165, 1.54) is 37.4 Å². The number of nitrogens with one attached hydrogen (secondary N) is 1. The van der Waals surface area contributed by atoms with Crippen molar-refractivity contribution in [3.63, 3.8) is 0 Å². The Morgan fingerprint density at radius 3 is 2.46 bits per heavy atom. The fourth-order valence-electron chi connectivity index (χ4n) is 3.84. The third-order valence-electron chi connectivity index (χ3n) is 5.39. The van der Waals surface area contributed by atoms with Crippen LogP contribution in [0.25, 0.3) is 0 Å². The lowest BCUT2D eigenvalue weighted by Crippen LogP contribution is -2.39. The molecule has 0 radical (unpaired) electrons. The van der Waals surface area contributed by atoms with E-state index in [9.17, 15) is 4.79 Å². The third kappa shape index (κ3) is 5.86. The summed E-state index contributed by atoms with van der Waals surface area (Å²) in [5.41, 5.74) is 0. The molecule has 2 aliphatic rings. The van der Waals surface area contributed by atoms with Crippen molar-refractivity contribution in [3.05, 3.63) is 0 Å². The number of hydrogen-bond acceptors (Lipinski definition) is 6. The van der Waals surface area contributed by atoms with Gasteiger partial charge in [-0.25, -0.2) is 0 Å². The highest BCUT2D eigenvalue weighted by Gasteiger charge is 2.25. The average molecular weight is 410 g/mol. The largest absolute Gasteiger partial charge is 0.378 e. The summed E-state index contributed by atoms with van der Waals surface area (Å²) in [6, 6.07) is 0.329. The van der Waals surface area contributed by atoms with Crippen LogP contribution < -0.4 is 10.2 Å². The normalized spacial score (nSPS) is 20.2. The van der Waals surface area contributed by atoms with Gasteiger partial charge in [0.15, 0.2) is 5.16 Å². The van der Waals surface area contributed by atoms with Gasteiger partial charge in [0.1, 0.15) is 0 Å². The summed E-state index contributed by atoms with van der Waals surface area (Å²) in [7, 11) is 0. The molecule has 28 heavy (non-hydrogen) atoms. The quantitative estimate of drug-likeness (QED) is 0.551. The van der Waals surface area contributed by atoms with Gasteiger partial charge in [-0.05, 0) is 25.7 Å². The SMILES string of the molecule is CC(C)Cn1c(S[C@@H](C)C(=O)NC2CCCCCC2)nnc1N1CCOCC1. The van der Waals surface area contributed by atoms with E-state index in [2.05, 4.69) is 38.8 Å². The summed E-state index contributed by atoms with van der Waals surface area (Å²) in [5, 5.41) is 12.8. The summed E-state index contributed by atoms with van der Waals surface area (Å²) >= 11 is 1.52. The Morgan fingerprint density at radius 2 is 1.82 bits per heavy atom. The van der Waals surface area contributed by atoms with Crippen molar-refractivity contribution in [2.24, 2.45) is 5.92 Å². The van der Waals surface area contributed by atoms with Gasteiger partial charge in [0.05, 0.1) is 18.5 Å². The van der Waals surface area contributed by atoms with Crippen LogP contribution >= 0.6 is 11.8 Å². The van der Waals surface area contributed by atoms with E-state index in [4.69, 9.17) is 4.74 Å². The highest BCUT2D eigenvalue weighted by molar-refractivity contribution is 8.00. The van der Waals surface area contributed by atoms with Crippen LogP contribution in [0.1, 0.15) is 59.3 Å². The molecule has 2 heterocycles. The van der Waals surface area contributed by atoms with Gasteiger partial charge < -0.3 is 15.0 Å². The Hall–Kier alpha value is -1.28. The van der Waals surface area contributed by atoms with Gasteiger partial charge >= 0.3 is 0 Å². The Labute approximate surface area is 173 Å². The Kier molecular flexibility index (Phi) is 8.02. The average Bonchev–Trinajstić information content (AvgIpc) is 2.89. The summed E-state index contributed by atoms with van der Waals surface area (Å²) in [6.45, 7) is 10.3. The van der Waals surface area contributed by atoms with E-state index in [0.29, 0.717) is 12.0 Å². The number of rotatable bonds is 7. The maximum absolute atomic E-state index is 12.8. The zero-order chi connectivity index (χ0) is 19.9. The lowest BCUT2D eigenvalue weighted by atomic mass is 10.1. The number of morpholine rings is 1. The van der Waals surface area contributed by atoms with Crippen LogP contribution in [-0.4, -0.2) is 58.3 Å². The van der Waals surface area contributed by atoms with Crippen molar-refractivity contribution in [3.8, 4) is 0 Å². The van der Waals surface area contributed by atoms with Crippen molar-refractivity contribution < 1.29 is 9.53 Å². The molecular formula is C20H35N5O2S. The maximum Gasteiger partial charge on any atom is 0.233 e. The van der Waals surface area contributed by atoms with Gasteiger partial charge in [-0.2, -0.15) is 0 Å². The molecule has 3 rings (SSSR count). The maximum atomic E-state index is 12.8. The van der Waals surface area contributed by atoms with E-state index < -0.39 is 0 Å². The molecule has 1 aromatic rings. The van der Waals surface area contributed by atoms with E-state index >= 15 is 0 Å². The van der Waals surface area contributed by atoms with E-state index in [1.807, 2.05) is 6.92 Å². The van der Waals surface area contributed by atoms with E-state index in [-0.39, 0.29) is 11.2 Å². The molecule has 1 aliphatic carbocycles. The second-order valence-electron chi connectivity index (χ2n) is 8.34. The highest BCUT2D eigenvalue weighted by atomic mass is 32.2. The van der Waals surface area contributed by atoms with Crippen LogP contribution in [0.3, 0.4) is 0 Å². The zero-order valence-electron chi connectivity index (χ0n) is 17.5. The minimum atomic E-state index is -0.184. The molecule has 1 saturated heterocycles. The van der Waals surface area contributed by atoms with Crippen molar-refractivity contribution in [1.82, 2.24) is 20.1 Å². The molecule has 0 unspecified atom stereocenters. The number of ether oxygens (including phenoxy) is 1. The van der Waals surface area contributed by atoms with Gasteiger partial charge in [0.2, 0.25) is 11.9 Å². The number of carbonyl (C=O) groups excluding carboxylic acids is 1. The first-order valence-electron chi connectivity index (χ1n) is 10.8. The van der Waals surface area contributed by atoms with Gasteiger partial charge in [-0.1, -0.05) is 51.3 Å². The van der Waals surface area contributed by atoms with Crippen LogP contribution in [0.15, 0.2) is 5.16 Å². The summed E-state index contributed by atoms with van der Waals surface area (Å²) < 4.78 is 7.65. The van der Waals surface area contributed by atoms with Crippen LogP contribution in [0.4, 0.5) is 5.95 Å². The third-order valence-corrected chi connectivity index (χ3v) is 6.47. The summed E-state index contributed by atoms with van der Waals surface area (Å²) in [4.78, 5) is 15.0. The minimum Gasteiger partial charge on any atom is -0.378 e. The molecule has 2 fully saturated rings. The number of thioether (sulfide) groups is 1. The molecule has 8 heteroatoms. The Bertz CT molecular complexity index is 622. The number of carbonyl (C=O) groups is 1. The van der Waals surface area contributed by atoms with Crippen LogP contribution in [0, 0.1) is 5.92 Å². The first kappa shape index (κ1) is 21.4. The van der Waals surface area contributed by atoms with Gasteiger partial charge in [-0.3, -0.25) is 9.36 Å². The van der Waals surface area contributed by atoms with Gasteiger partial charge in [0.25, 0.3) is 0 Å². The van der Waals surface area contributed by atoms with Crippen molar-refractivity contribution in [2.75, 3.05) is 31.2 Å². The second kappa shape index (κ2) is 10.5. The second-order valence-corrected chi connectivity index (χ2v) is 9.65. The molecule has 0 aromatic carbocycles. The van der Waals surface area contributed by atoms with Crippen LogP contribution in [-0.2, 0) is 16.1 Å². The first-order chi connectivity index (χ1) is 13.5.